The minimum atomic E-state index is -4.05. The van der Waals surface area contributed by atoms with Crippen molar-refractivity contribution >= 4 is 55.8 Å². The molecule has 3 aromatic rings. The Morgan fingerprint density at radius 3 is 2.40 bits per heavy atom. The zero-order valence-electron chi connectivity index (χ0n) is 23.9. The molecular weight excluding hydrogens is 595 g/mol. The number of rotatable bonds is 13. The lowest BCUT2D eigenvalue weighted by atomic mass is 10.0. The summed E-state index contributed by atoms with van der Waals surface area (Å²) in [5, 5.41) is 11.7. The predicted molar refractivity (Wildman–Crippen MR) is 168 cm³/mol. The van der Waals surface area contributed by atoms with E-state index in [1.54, 1.807) is 0 Å². The van der Waals surface area contributed by atoms with E-state index in [1.165, 1.54) is 22.5 Å². The molecule has 0 aliphatic carbocycles. The Morgan fingerprint density at radius 2 is 1.69 bits per heavy atom. The van der Waals surface area contributed by atoms with Crippen LogP contribution < -0.4 is 16.0 Å². The molecule has 1 fully saturated rings. The molecule has 0 aromatic heterocycles. The Kier molecular flexibility index (Phi) is 11.3. The van der Waals surface area contributed by atoms with Gasteiger partial charge in [0.1, 0.15) is 12.1 Å². The van der Waals surface area contributed by atoms with Crippen LogP contribution in [0.1, 0.15) is 38.7 Å². The fraction of sp³-hybridized carbons (Fsp3) is 0.419. The van der Waals surface area contributed by atoms with Crippen molar-refractivity contribution in [3.8, 4) is 0 Å². The maximum atomic E-state index is 13.6. The summed E-state index contributed by atoms with van der Waals surface area (Å²) in [4.78, 5) is 26.9. The first-order valence-corrected chi connectivity index (χ1v) is 16.5. The summed E-state index contributed by atoms with van der Waals surface area (Å²) in [5.74, 6) is -0.283. The van der Waals surface area contributed by atoms with E-state index >= 15 is 0 Å². The first-order valence-electron chi connectivity index (χ1n) is 14.3. The maximum Gasteiger partial charge on any atom is 0.243 e. The Bertz CT molecular complexity index is 1500. The summed E-state index contributed by atoms with van der Waals surface area (Å²) < 4.78 is 28.2. The summed E-state index contributed by atoms with van der Waals surface area (Å²) in [6.07, 6.45) is 1.85. The zero-order valence-corrected chi connectivity index (χ0v) is 26.2. The van der Waals surface area contributed by atoms with Crippen molar-refractivity contribution in [1.29, 1.82) is 0 Å². The molecule has 2 amide bonds. The van der Waals surface area contributed by atoms with E-state index in [-0.39, 0.29) is 33.8 Å². The van der Waals surface area contributed by atoms with E-state index in [2.05, 4.69) is 29.8 Å². The topological polar surface area (TPSA) is 108 Å². The molecule has 11 heteroatoms. The fourth-order valence-electron chi connectivity index (χ4n) is 5.12. The molecule has 0 spiro atoms. The third-order valence-electron chi connectivity index (χ3n) is 7.22. The highest BCUT2D eigenvalue weighted by atomic mass is 35.5. The molecule has 0 saturated carbocycles. The van der Waals surface area contributed by atoms with E-state index in [9.17, 15) is 18.0 Å². The predicted octanol–water partition coefficient (Wildman–Crippen LogP) is 4.78. The van der Waals surface area contributed by atoms with Gasteiger partial charge in [-0.2, -0.15) is 4.31 Å². The molecule has 8 nitrogen and oxygen atoms in total. The van der Waals surface area contributed by atoms with Crippen molar-refractivity contribution in [2.45, 2.75) is 56.5 Å². The molecule has 2 atom stereocenters. The van der Waals surface area contributed by atoms with Crippen LogP contribution >= 0.6 is 23.2 Å². The molecule has 1 heterocycles. The normalized spacial score (nSPS) is 16.5. The summed E-state index contributed by atoms with van der Waals surface area (Å²) >= 11 is 12.1. The third-order valence-corrected chi connectivity index (χ3v) is 9.54. The van der Waals surface area contributed by atoms with Crippen molar-refractivity contribution in [2.24, 2.45) is 5.92 Å². The Hall–Kier alpha value is -2.69. The van der Waals surface area contributed by atoms with Crippen LogP contribution in [-0.4, -0.2) is 62.8 Å². The lowest BCUT2D eigenvalue weighted by Crippen LogP contribution is -2.54. The van der Waals surface area contributed by atoms with Crippen LogP contribution in [0, 0.1) is 5.92 Å². The van der Waals surface area contributed by atoms with Gasteiger partial charge in [0.15, 0.2) is 0 Å². The highest BCUT2D eigenvalue weighted by Crippen LogP contribution is 2.30. The van der Waals surface area contributed by atoms with Crippen LogP contribution in [0.15, 0.2) is 65.6 Å². The Labute approximate surface area is 258 Å². The van der Waals surface area contributed by atoms with Crippen LogP contribution in [0.5, 0.6) is 0 Å². The summed E-state index contributed by atoms with van der Waals surface area (Å²) in [6, 6.07) is 16.1. The molecule has 4 rings (SSSR count). The van der Waals surface area contributed by atoms with Gasteiger partial charge in [0.05, 0.1) is 4.90 Å². The van der Waals surface area contributed by atoms with Crippen molar-refractivity contribution in [3.05, 3.63) is 76.3 Å². The Balaban J connectivity index is 1.50. The van der Waals surface area contributed by atoms with Crippen LogP contribution in [-0.2, 0) is 26.0 Å². The number of benzene rings is 3. The highest BCUT2D eigenvalue weighted by molar-refractivity contribution is 7.89. The zero-order chi connectivity index (χ0) is 30.3. The smallest absolute Gasteiger partial charge is 0.243 e. The van der Waals surface area contributed by atoms with Crippen molar-refractivity contribution < 1.29 is 18.0 Å². The van der Waals surface area contributed by atoms with Gasteiger partial charge in [-0.25, -0.2) is 8.42 Å². The molecule has 0 radical (unpaired) electrons. The van der Waals surface area contributed by atoms with Gasteiger partial charge in [-0.1, -0.05) is 79.5 Å². The number of amides is 2. The van der Waals surface area contributed by atoms with Crippen LogP contribution in [0.3, 0.4) is 0 Å². The molecule has 42 heavy (non-hydrogen) atoms. The van der Waals surface area contributed by atoms with Gasteiger partial charge in [-0.3, -0.25) is 9.59 Å². The van der Waals surface area contributed by atoms with Gasteiger partial charge >= 0.3 is 0 Å². The quantitative estimate of drug-likeness (QED) is 0.235. The number of carbonyl (C=O) groups excluding carboxylic acids is 2. The molecule has 0 bridgehead atoms. The fourth-order valence-corrected chi connectivity index (χ4v) is 7.50. The molecule has 1 aliphatic rings. The van der Waals surface area contributed by atoms with Crippen LogP contribution in [0.4, 0.5) is 0 Å². The highest BCUT2D eigenvalue weighted by Gasteiger charge is 2.40. The number of sulfonamides is 1. The molecule has 226 valence electrons. The van der Waals surface area contributed by atoms with Crippen molar-refractivity contribution in [1.82, 2.24) is 20.3 Å². The van der Waals surface area contributed by atoms with Crippen molar-refractivity contribution in [2.75, 3.05) is 26.2 Å². The molecule has 1 saturated heterocycles. The lowest BCUT2D eigenvalue weighted by molar-refractivity contribution is -0.130. The molecular formula is C31H38Cl2N4O4S. The number of hydrogen-bond acceptors (Lipinski definition) is 5. The monoisotopic (exact) mass is 632 g/mol. The number of carbonyl (C=O) groups is 2. The SMILES string of the molecule is CC(C)CNCCCNC(=O)[C@@H](Cc1ccc2ccccc2c1)NC(=O)C1CCCN1S(=O)(=O)c1cc(Cl)cc(Cl)c1. The largest absolute Gasteiger partial charge is 0.354 e. The van der Waals surface area contributed by atoms with Crippen LogP contribution in [0.2, 0.25) is 10.0 Å². The van der Waals surface area contributed by atoms with Gasteiger partial charge < -0.3 is 16.0 Å². The second-order valence-electron chi connectivity index (χ2n) is 11.1. The van der Waals surface area contributed by atoms with E-state index in [0.29, 0.717) is 25.3 Å². The van der Waals surface area contributed by atoms with E-state index in [1.807, 2.05) is 42.5 Å². The number of halogens is 2. The van der Waals surface area contributed by atoms with Gasteiger partial charge in [0.2, 0.25) is 21.8 Å². The van der Waals surface area contributed by atoms with Gasteiger partial charge in [-0.15, -0.1) is 0 Å². The first-order chi connectivity index (χ1) is 20.0. The molecule has 3 N–H and O–H groups in total. The summed E-state index contributed by atoms with van der Waals surface area (Å²) in [6.45, 7) is 6.56. The average molecular weight is 634 g/mol. The molecule has 1 aliphatic heterocycles. The van der Waals surface area contributed by atoms with E-state index in [4.69, 9.17) is 23.2 Å². The Morgan fingerprint density at radius 1 is 0.976 bits per heavy atom. The second-order valence-corrected chi connectivity index (χ2v) is 13.8. The van der Waals surface area contributed by atoms with Gasteiger partial charge in [0.25, 0.3) is 0 Å². The number of hydrogen-bond donors (Lipinski definition) is 3. The lowest BCUT2D eigenvalue weighted by Gasteiger charge is -2.26. The minimum absolute atomic E-state index is 0.0729. The minimum Gasteiger partial charge on any atom is -0.354 e. The van der Waals surface area contributed by atoms with E-state index in [0.717, 1.165) is 35.8 Å². The van der Waals surface area contributed by atoms with Crippen LogP contribution in [0.25, 0.3) is 10.8 Å². The molecule has 3 aromatic carbocycles. The summed E-state index contributed by atoms with van der Waals surface area (Å²) in [5.41, 5.74) is 0.886. The first kappa shape index (κ1) is 32.2. The van der Waals surface area contributed by atoms with Gasteiger partial charge in [-0.05, 0) is 72.8 Å². The van der Waals surface area contributed by atoms with Crippen molar-refractivity contribution in [3.63, 3.8) is 0 Å². The number of nitrogens with one attached hydrogen (secondary N) is 3. The number of fused-ring (bicyclic) bond motifs is 1. The summed E-state index contributed by atoms with van der Waals surface area (Å²) in [7, 11) is -4.05. The second kappa shape index (κ2) is 14.7. The average Bonchev–Trinajstić information content (AvgIpc) is 3.45. The number of nitrogens with zero attached hydrogens (tertiary/aromatic N) is 1. The standard InChI is InChI=1S/C31H38Cl2N4O4S/c1-21(2)20-34-12-6-13-35-30(38)28(16-22-10-11-23-7-3-4-8-24(23)15-22)36-31(39)29-9-5-14-37(29)42(40,41)27-18-25(32)17-26(33)19-27/h3-4,7-8,10-11,15,17-19,21,28-29,34H,5-6,9,12-14,16,20H2,1-2H3,(H,35,38)(H,36,39)/t28-,29?/m1/s1. The van der Waals surface area contributed by atoms with Gasteiger partial charge in [0, 0.05) is 29.6 Å². The van der Waals surface area contributed by atoms with E-state index < -0.39 is 28.0 Å². The maximum absolute atomic E-state index is 13.6. The molecule has 1 unspecified atom stereocenters. The third kappa shape index (κ3) is 8.45.